The average molecular weight is 329 g/mol. The molecule has 2 aliphatic rings. The van der Waals surface area contributed by atoms with Gasteiger partial charge in [0, 0.05) is 19.0 Å². The van der Waals surface area contributed by atoms with Gasteiger partial charge in [-0.3, -0.25) is 4.90 Å². The zero-order chi connectivity index (χ0) is 17.1. The zero-order valence-electron chi connectivity index (χ0n) is 14.8. The van der Waals surface area contributed by atoms with Crippen LogP contribution in [0.2, 0.25) is 0 Å². The van der Waals surface area contributed by atoms with Crippen molar-refractivity contribution in [1.82, 2.24) is 4.90 Å². The molecule has 0 fully saturated rings. The number of phenolic OH excluding ortho intramolecular Hbond substituents is 1. The molecular weight excluding hydrogens is 302 g/mol. The van der Waals surface area contributed by atoms with Gasteiger partial charge in [0.15, 0.2) is 11.5 Å². The maximum Gasteiger partial charge on any atom is 0.160 e. The van der Waals surface area contributed by atoms with Crippen LogP contribution in [0.1, 0.15) is 42.9 Å². The van der Waals surface area contributed by atoms with Crippen molar-refractivity contribution in [1.29, 1.82) is 0 Å². The van der Waals surface area contributed by atoms with Gasteiger partial charge in [0.2, 0.25) is 0 Å². The van der Waals surface area contributed by atoms with Crippen molar-refractivity contribution < 1.29 is 14.6 Å². The minimum atomic E-state index is 0.237. The Balaban J connectivity index is 1.72. The fourth-order valence-electron chi connectivity index (χ4n) is 3.73. The third-order valence-electron chi connectivity index (χ3n) is 5.25. The molecule has 3 rings (SSSR count). The third kappa shape index (κ3) is 3.44. The number of benzene rings is 1. The quantitative estimate of drug-likeness (QED) is 0.830. The van der Waals surface area contributed by atoms with Crippen LogP contribution in [0.3, 0.4) is 0 Å². The molecule has 0 saturated carbocycles. The molecule has 1 N–H and O–H groups in total. The van der Waals surface area contributed by atoms with Gasteiger partial charge in [0.1, 0.15) is 0 Å². The minimum Gasteiger partial charge on any atom is -0.504 e. The Morgan fingerprint density at radius 1 is 1.17 bits per heavy atom. The first-order valence-electron chi connectivity index (χ1n) is 8.63. The minimum absolute atomic E-state index is 0.237. The number of allylic oxidation sites excluding steroid dienone is 3. The fourth-order valence-corrected chi connectivity index (χ4v) is 3.73. The highest BCUT2D eigenvalue weighted by molar-refractivity contribution is 5.48. The van der Waals surface area contributed by atoms with E-state index in [0.29, 0.717) is 11.8 Å². The number of rotatable bonds is 5. The topological polar surface area (TPSA) is 41.9 Å². The predicted molar refractivity (Wildman–Crippen MR) is 95.4 cm³/mol. The molecule has 24 heavy (non-hydrogen) atoms. The summed E-state index contributed by atoms with van der Waals surface area (Å²) < 4.78 is 10.6. The lowest BCUT2D eigenvalue weighted by Crippen LogP contribution is -2.32. The van der Waals surface area contributed by atoms with Crippen LogP contribution in [0.4, 0.5) is 0 Å². The summed E-state index contributed by atoms with van der Waals surface area (Å²) in [4.78, 5) is 2.40. The van der Waals surface area contributed by atoms with E-state index in [4.69, 9.17) is 9.47 Å². The summed E-state index contributed by atoms with van der Waals surface area (Å²) in [5.74, 6) is 1.88. The van der Waals surface area contributed by atoms with Gasteiger partial charge in [-0.2, -0.15) is 0 Å². The second kappa shape index (κ2) is 7.31. The van der Waals surface area contributed by atoms with Crippen molar-refractivity contribution in [3.63, 3.8) is 0 Å². The molecule has 0 bridgehead atoms. The van der Waals surface area contributed by atoms with Crippen LogP contribution in [-0.4, -0.2) is 37.8 Å². The van der Waals surface area contributed by atoms with Gasteiger partial charge >= 0.3 is 0 Å². The van der Waals surface area contributed by atoms with Crippen LogP contribution in [0.5, 0.6) is 11.5 Å². The summed E-state index contributed by atoms with van der Waals surface area (Å²) in [6.07, 6.45) is 9.52. The Morgan fingerprint density at radius 3 is 2.67 bits per heavy atom. The summed E-state index contributed by atoms with van der Waals surface area (Å²) in [5, 5.41) is 10.2. The van der Waals surface area contributed by atoms with Gasteiger partial charge in [-0.1, -0.05) is 11.6 Å². The van der Waals surface area contributed by atoms with E-state index in [1.165, 1.54) is 16.7 Å². The van der Waals surface area contributed by atoms with E-state index in [1.54, 1.807) is 14.2 Å². The number of methoxy groups -OCH3 is 2. The van der Waals surface area contributed by atoms with Crippen molar-refractivity contribution in [2.75, 3.05) is 27.8 Å². The van der Waals surface area contributed by atoms with Crippen LogP contribution in [0, 0.1) is 0 Å². The lowest BCUT2D eigenvalue weighted by molar-refractivity contribution is 0.218. The molecule has 1 aliphatic carbocycles. The second-order valence-corrected chi connectivity index (χ2v) is 6.65. The molecule has 130 valence electrons. The highest BCUT2D eigenvalue weighted by Gasteiger charge is 2.26. The van der Waals surface area contributed by atoms with E-state index in [9.17, 15) is 5.11 Å². The number of likely N-dealkylation sites (N-methyl/N-ethyl adjacent to an activating group) is 1. The first-order valence-corrected chi connectivity index (χ1v) is 8.63. The second-order valence-electron chi connectivity index (χ2n) is 6.65. The molecule has 0 radical (unpaired) electrons. The van der Waals surface area contributed by atoms with E-state index >= 15 is 0 Å². The molecule has 0 spiro atoms. The molecule has 4 heteroatoms. The summed E-state index contributed by atoms with van der Waals surface area (Å²) in [5.41, 5.74) is 4.02. The smallest absolute Gasteiger partial charge is 0.160 e. The summed E-state index contributed by atoms with van der Waals surface area (Å²) in [6, 6.07) is 4.24. The van der Waals surface area contributed by atoms with E-state index in [-0.39, 0.29) is 5.75 Å². The van der Waals surface area contributed by atoms with E-state index < -0.39 is 0 Å². The first kappa shape index (κ1) is 16.9. The van der Waals surface area contributed by atoms with Gasteiger partial charge in [0.05, 0.1) is 20.0 Å². The standard InChI is InChI=1S/C20H27NO3/c1-21-11-10-15-12-20(24-3)19(22)13-17(15)18(21)9-6-14-4-7-16(23-2)8-5-14/h4,8,12-13,18,22H,5-7,9-11H2,1-3H3. The normalized spacial score (nSPS) is 20.9. The molecule has 1 atom stereocenters. The molecule has 1 aromatic carbocycles. The van der Waals surface area contributed by atoms with Gasteiger partial charge < -0.3 is 14.6 Å². The lowest BCUT2D eigenvalue weighted by atomic mass is 9.88. The molecule has 1 aliphatic heterocycles. The van der Waals surface area contributed by atoms with Crippen molar-refractivity contribution in [2.24, 2.45) is 0 Å². The van der Waals surface area contributed by atoms with Crippen molar-refractivity contribution in [3.8, 4) is 11.5 Å². The highest BCUT2D eigenvalue weighted by atomic mass is 16.5. The molecule has 1 heterocycles. The Kier molecular flexibility index (Phi) is 5.14. The Morgan fingerprint density at radius 2 is 2.00 bits per heavy atom. The molecule has 0 amide bonds. The maximum absolute atomic E-state index is 10.2. The summed E-state index contributed by atoms with van der Waals surface area (Å²) in [7, 11) is 5.51. The predicted octanol–water partition coefficient (Wildman–Crippen LogP) is 3.96. The Labute approximate surface area is 144 Å². The number of hydrogen-bond donors (Lipinski definition) is 1. The van der Waals surface area contributed by atoms with Crippen LogP contribution in [0.25, 0.3) is 0 Å². The molecule has 0 saturated heterocycles. The van der Waals surface area contributed by atoms with Crippen LogP contribution in [-0.2, 0) is 11.2 Å². The largest absolute Gasteiger partial charge is 0.504 e. The number of aromatic hydroxyl groups is 1. The molecule has 1 unspecified atom stereocenters. The number of fused-ring (bicyclic) bond motifs is 1. The third-order valence-corrected chi connectivity index (χ3v) is 5.25. The number of phenols is 1. The maximum atomic E-state index is 10.2. The molecule has 0 aromatic heterocycles. The van der Waals surface area contributed by atoms with Crippen LogP contribution >= 0.6 is 0 Å². The summed E-state index contributed by atoms with van der Waals surface area (Å²) >= 11 is 0. The van der Waals surface area contributed by atoms with Crippen molar-refractivity contribution >= 4 is 0 Å². The molecular formula is C20H27NO3. The van der Waals surface area contributed by atoms with Gasteiger partial charge in [-0.05, 0) is 62.1 Å². The molecule has 1 aromatic rings. The number of nitrogens with zero attached hydrogens (tertiary/aromatic N) is 1. The SMILES string of the molecule is COC1=CCC(CCC2c3cc(O)c(OC)cc3CCN2C)=CC1. The average Bonchev–Trinajstić information content (AvgIpc) is 2.61. The van der Waals surface area contributed by atoms with Crippen LogP contribution < -0.4 is 4.74 Å². The number of ether oxygens (including phenoxy) is 2. The number of hydrogen-bond acceptors (Lipinski definition) is 4. The Bertz CT molecular complexity index is 663. The van der Waals surface area contributed by atoms with Gasteiger partial charge in [-0.25, -0.2) is 0 Å². The van der Waals surface area contributed by atoms with E-state index in [1.807, 2.05) is 12.1 Å². The lowest BCUT2D eigenvalue weighted by Gasteiger charge is -2.35. The molecule has 4 nitrogen and oxygen atoms in total. The van der Waals surface area contributed by atoms with Gasteiger partial charge in [-0.15, -0.1) is 0 Å². The zero-order valence-corrected chi connectivity index (χ0v) is 14.8. The summed E-state index contributed by atoms with van der Waals surface area (Å²) in [6.45, 7) is 1.04. The van der Waals surface area contributed by atoms with Gasteiger partial charge in [0.25, 0.3) is 0 Å². The van der Waals surface area contributed by atoms with E-state index in [2.05, 4.69) is 24.1 Å². The van der Waals surface area contributed by atoms with Crippen molar-refractivity contribution in [3.05, 3.63) is 46.7 Å². The van der Waals surface area contributed by atoms with Crippen LogP contribution in [0.15, 0.2) is 35.6 Å². The highest BCUT2D eigenvalue weighted by Crippen LogP contribution is 2.39. The van der Waals surface area contributed by atoms with Crippen molar-refractivity contribution in [2.45, 2.75) is 38.1 Å². The van der Waals surface area contributed by atoms with E-state index in [0.717, 1.165) is 44.4 Å². The Hall–Kier alpha value is -1.94. The monoisotopic (exact) mass is 329 g/mol. The fraction of sp³-hybridized carbons (Fsp3) is 0.500. The first-order chi connectivity index (χ1) is 11.6.